The fourth-order valence-electron chi connectivity index (χ4n) is 6.84. The molecule has 2 amide bonds. The maximum Gasteiger partial charge on any atom is 0.407 e. The van der Waals surface area contributed by atoms with Crippen LogP contribution in [0.2, 0.25) is 0 Å². The summed E-state index contributed by atoms with van der Waals surface area (Å²) >= 11 is 0. The zero-order valence-corrected chi connectivity index (χ0v) is 26.2. The number of H-pyrrole nitrogens is 1. The molecule has 47 heavy (non-hydrogen) atoms. The summed E-state index contributed by atoms with van der Waals surface area (Å²) in [6, 6.07) is 21.8. The number of methoxy groups -OCH3 is 1. The van der Waals surface area contributed by atoms with Crippen molar-refractivity contribution in [1.29, 1.82) is 0 Å². The number of carbonyl (C=O) groups is 2. The van der Waals surface area contributed by atoms with E-state index >= 15 is 4.39 Å². The van der Waals surface area contributed by atoms with Gasteiger partial charge in [0.15, 0.2) is 0 Å². The molecule has 0 bridgehead atoms. The highest BCUT2D eigenvalue weighted by Gasteiger charge is 2.38. The van der Waals surface area contributed by atoms with Crippen LogP contribution in [0.1, 0.15) is 61.1 Å². The largest absolute Gasteiger partial charge is 0.453 e. The Bertz CT molecular complexity index is 1830. The molecule has 9 nitrogen and oxygen atoms in total. The Morgan fingerprint density at radius 2 is 1.79 bits per heavy atom. The Morgan fingerprint density at radius 1 is 1.00 bits per heavy atom. The van der Waals surface area contributed by atoms with E-state index in [-0.39, 0.29) is 23.8 Å². The molecule has 3 aromatic carbocycles. The molecule has 4 aromatic rings. The van der Waals surface area contributed by atoms with Crippen LogP contribution in [0.5, 0.6) is 0 Å². The molecule has 3 aliphatic rings. The summed E-state index contributed by atoms with van der Waals surface area (Å²) < 4.78 is 20.1. The average molecular weight is 633 g/mol. The summed E-state index contributed by atoms with van der Waals surface area (Å²) in [6.07, 6.45) is 7.35. The molecule has 3 N–H and O–H groups in total. The second-order valence-corrected chi connectivity index (χ2v) is 12.2. The van der Waals surface area contributed by atoms with E-state index in [1.807, 2.05) is 71.8 Å². The third-order valence-corrected chi connectivity index (χ3v) is 9.34. The Labute approximate surface area is 273 Å². The van der Waals surface area contributed by atoms with Crippen LogP contribution < -0.4 is 10.6 Å². The molecular formula is C37H37FN6O3. The number of alkyl carbamates (subject to hydrolysis) is 1. The normalized spacial score (nSPS) is 19.7. The van der Waals surface area contributed by atoms with Gasteiger partial charge in [-0.05, 0) is 72.2 Å². The summed E-state index contributed by atoms with van der Waals surface area (Å²) in [5.74, 6) is 0.371. The first-order valence-electron chi connectivity index (χ1n) is 16.1. The van der Waals surface area contributed by atoms with Gasteiger partial charge < -0.3 is 25.3 Å². The Morgan fingerprint density at radius 3 is 2.53 bits per heavy atom. The number of aromatic amines is 1. The molecular weight excluding hydrogens is 595 g/mol. The van der Waals surface area contributed by atoms with Gasteiger partial charge in [-0.15, -0.1) is 0 Å². The minimum absolute atomic E-state index is 0.150. The van der Waals surface area contributed by atoms with Crippen molar-refractivity contribution in [1.82, 2.24) is 25.5 Å². The van der Waals surface area contributed by atoms with Crippen molar-refractivity contribution < 1.29 is 18.7 Å². The number of carbonyl (C=O) groups excluding carboxylic acids is 2. The van der Waals surface area contributed by atoms with Crippen LogP contribution in [-0.2, 0) is 9.53 Å². The molecule has 3 atom stereocenters. The minimum Gasteiger partial charge on any atom is -0.453 e. The molecule has 1 aromatic heterocycles. The van der Waals surface area contributed by atoms with Gasteiger partial charge in [-0.3, -0.25) is 9.79 Å². The highest BCUT2D eigenvalue weighted by molar-refractivity contribution is 6.04. The van der Waals surface area contributed by atoms with Crippen molar-refractivity contribution in [3.63, 3.8) is 0 Å². The Kier molecular flexibility index (Phi) is 8.67. The number of allylic oxidation sites excluding steroid dienone is 1. The number of imidazole rings is 1. The molecule has 2 saturated heterocycles. The van der Waals surface area contributed by atoms with Gasteiger partial charge in [0.2, 0.25) is 5.91 Å². The summed E-state index contributed by atoms with van der Waals surface area (Å²) in [4.78, 5) is 40.3. The molecule has 10 heteroatoms. The molecule has 0 saturated carbocycles. The van der Waals surface area contributed by atoms with Crippen LogP contribution >= 0.6 is 0 Å². The zero-order chi connectivity index (χ0) is 32.3. The molecule has 0 unspecified atom stereocenters. The first-order chi connectivity index (χ1) is 23.0. The van der Waals surface area contributed by atoms with E-state index in [0.717, 1.165) is 66.0 Å². The third kappa shape index (κ3) is 6.33. The first kappa shape index (κ1) is 30.6. The van der Waals surface area contributed by atoms with Crippen molar-refractivity contribution in [2.75, 3.05) is 20.2 Å². The van der Waals surface area contributed by atoms with Crippen molar-refractivity contribution >= 4 is 23.3 Å². The van der Waals surface area contributed by atoms with Gasteiger partial charge in [0.1, 0.15) is 17.7 Å². The topological polar surface area (TPSA) is 112 Å². The summed E-state index contributed by atoms with van der Waals surface area (Å²) in [5, 5.41) is 6.13. The highest BCUT2D eigenvalue weighted by atomic mass is 19.1. The van der Waals surface area contributed by atoms with Crippen LogP contribution in [0.25, 0.3) is 28.0 Å². The lowest BCUT2D eigenvalue weighted by atomic mass is 9.96. The number of benzene rings is 3. The number of amides is 2. The van der Waals surface area contributed by atoms with Crippen LogP contribution in [0, 0.1) is 5.82 Å². The van der Waals surface area contributed by atoms with Gasteiger partial charge in [-0.1, -0.05) is 60.7 Å². The number of nitrogens with zero attached hydrogens (tertiary/aromatic N) is 3. The summed E-state index contributed by atoms with van der Waals surface area (Å²) in [7, 11) is 1.29. The van der Waals surface area contributed by atoms with E-state index in [9.17, 15) is 9.59 Å². The van der Waals surface area contributed by atoms with Crippen molar-refractivity contribution in [2.24, 2.45) is 4.99 Å². The number of halogens is 1. The fraction of sp³-hybridized carbons (Fsp3) is 0.297. The lowest BCUT2D eigenvalue weighted by Crippen LogP contribution is -2.47. The van der Waals surface area contributed by atoms with E-state index in [1.54, 1.807) is 18.3 Å². The molecule has 3 aliphatic heterocycles. The average Bonchev–Trinajstić information content (AvgIpc) is 3.94. The lowest BCUT2D eigenvalue weighted by molar-refractivity contribution is -0.133. The Balaban J connectivity index is 1.01. The van der Waals surface area contributed by atoms with Gasteiger partial charge >= 0.3 is 6.09 Å². The Hall–Kier alpha value is -5.09. The smallest absolute Gasteiger partial charge is 0.407 e. The van der Waals surface area contributed by atoms with Gasteiger partial charge in [0, 0.05) is 30.4 Å². The number of hydrogen-bond acceptors (Lipinski definition) is 6. The quantitative estimate of drug-likeness (QED) is 0.203. The van der Waals surface area contributed by atoms with E-state index < -0.39 is 12.1 Å². The van der Waals surface area contributed by atoms with Gasteiger partial charge in [-0.25, -0.2) is 14.2 Å². The molecule has 0 aliphatic carbocycles. The number of likely N-dealkylation sites (tertiary alicyclic amines) is 1. The highest BCUT2D eigenvalue weighted by Crippen LogP contribution is 2.34. The van der Waals surface area contributed by atoms with E-state index in [1.165, 1.54) is 7.11 Å². The second kappa shape index (κ2) is 13.3. The fourth-order valence-corrected chi connectivity index (χ4v) is 6.84. The molecule has 4 heterocycles. The molecule has 240 valence electrons. The van der Waals surface area contributed by atoms with Gasteiger partial charge in [0.25, 0.3) is 0 Å². The van der Waals surface area contributed by atoms with Gasteiger partial charge in [0.05, 0.1) is 31.1 Å². The van der Waals surface area contributed by atoms with E-state index in [0.29, 0.717) is 29.8 Å². The molecule has 0 spiro atoms. The maximum absolute atomic E-state index is 15.3. The molecule has 0 radical (unpaired) electrons. The number of aromatic nitrogens is 2. The van der Waals surface area contributed by atoms with Crippen molar-refractivity contribution in [3.8, 4) is 22.4 Å². The third-order valence-electron chi connectivity index (χ3n) is 9.34. The first-order valence-corrected chi connectivity index (χ1v) is 16.1. The lowest BCUT2D eigenvalue weighted by Gasteiger charge is -2.29. The molecule has 7 rings (SSSR count). The van der Waals surface area contributed by atoms with Crippen molar-refractivity contribution in [2.45, 2.75) is 50.2 Å². The number of rotatable bonds is 8. The van der Waals surface area contributed by atoms with Gasteiger partial charge in [-0.2, -0.15) is 0 Å². The number of hydrogen-bond donors (Lipinski definition) is 3. The van der Waals surface area contributed by atoms with Crippen LogP contribution in [0.4, 0.5) is 9.18 Å². The van der Waals surface area contributed by atoms with Crippen LogP contribution in [0.15, 0.2) is 90.2 Å². The van der Waals surface area contributed by atoms with Crippen LogP contribution in [0.3, 0.4) is 0 Å². The maximum atomic E-state index is 15.3. The number of aliphatic imine (C=N–C) groups is 1. The summed E-state index contributed by atoms with van der Waals surface area (Å²) in [5.41, 5.74) is 6.60. The van der Waals surface area contributed by atoms with Crippen molar-refractivity contribution in [3.05, 3.63) is 108 Å². The standard InChI is InChI=1S/C37H37FN6O3/c1-47-37(46)43-34(25-7-3-2-4-8-25)36(45)44-18-6-10-33(44)31-20-27(21-40-31)24-13-11-23(12-14-24)26-15-16-28(29(38)19-26)32-22-41-35(42-32)30-9-5-17-39-30/h2-4,7-8,11-16,19,21-22,30,33-34,39H,5-6,9-10,17-18,20H2,1H3,(H,41,42)(H,43,46)/t30-,33-,34+/m0/s1. The zero-order valence-electron chi connectivity index (χ0n) is 26.2. The van der Waals surface area contributed by atoms with E-state index in [2.05, 4.69) is 20.6 Å². The predicted octanol–water partition coefficient (Wildman–Crippen LogP) is 6.58. The monoisotopic (exact) mass is 632 g/mol. The van der Waals surface area contributed by atoms with Crippen LogP contribution in [-0.4, -0.2) is 58.8 Å². The molecule has 2 fully saturated rings. The number of ether oxygens (including phenoxy) is 1. The van der Waals surface area contributed by atoms with E-state index in [4.69, 9.17) is 9.73 Å². The number of nitrogens with one attached hydrogen (secondary N) is 3. The summed E-state index contributed by atoms with van der Waals surface area (Å²) in [6.45, 7) is 1.56. The SMILES string of the molecule is COC(=O)N[C@@H](C(=O)N1CCC[C@H]1C1=NC=C(c2ccc(-c3ccc(-c4cnc([C@@H]5CCCN5)[nH]4)c(F)c3)cc2)C1)c1ccccc1. The predicted molar refractivity (Wildman–Crippen MR) is 179 cm³/mol. The minimum atomic E-state index is -0.851. The second-order valence-electron chi connectivity index (χ2n) is 12.2.